The van der Waals surface area contributed by atoms with E-state index in [4.69, 9.17) is 0 Å². The molecule has 2 aliphatic rings. The van der Waals surface area contributed by atoms with Crippen LogP contribution in [0.15, 0.2) is 47.8 Å². The molecule has 0 radical (unpaired) electrons. The van der Waals surface area contributed by atoms with Crippen molar-refractivity contribution < 1.29 is 4.79 Å². The molecule has 3 heterocycles. The lowest BCUT2D eigenvalue weighted by atomic mass is 9.93. The SMILES string of the molecule is Cc1nc(CN2CCC(C(=O)N3CCCC3c3cccc4ccccc34)CC2)cs1. The fourth-order valence-corrected chi connectivity index (χ4v) is 5.78. The van der Waals surface area contributed by atoms with Crippen molar-refractivity contribution in [2.24, 2.45) is 5.92 Å². The summed E-state index contributed by atoms with van der Waals surface area (Å²) in [4.78, 5) is 22.7. The Labute approximate surface area is 182 Å². The summed E-state index contributed by atoms with van der Waals surface area (Å²) in [5.74, 6) is 0.531. The molecule has 4 nitrogen and oxygen atoms in total. The van der Waals surface area contributed by atoms with Crippen LogP contribution < -0.4 is 0 Å². The number of nitrogens with zero attached hydrogens (tertiary/aromatic N) is 3. The molecule has 156 valence electrons. The molecular weight excluding hydrogens is 390 g/mol. The van der Waals surface area contributed by atoms with Gasteiger partial charge in [0.15, 0.2) is 0 Å². The summed E-state index contributed by atoms with van der Waals surface area (Å²) in [5, 5.41) is 5.84. The van der Waals surface area contributed by atoms with E-state index in [-0.39, 0.29) is 12.0 Å². The molecule has 1 atom stereocenters. The molecule has 0 N–H and O–H groups in total. The van der Waals surface area contributed by atoms with Crippen molar-refractivity contribution in [1.82, 2.24) is 14.8 Å². The van der Waals surface area contributed by atoms with Gasteiger partial charge in [-0.2, -0.15) is 0 Å². The number of carbonyl (C=O) groups excluding carboxylic acids is 1. The number of hydrogen-bond donors (Lipinski definition) is 0. The molecule has 3 aromatic rings. The topological polar surface area (TPSA) is 36.4 Å². The average Bonchev–Trinajstić information content (AvgIpc) is 3.42. The normalized spacial score (nSPS) is 20.8. The number of aromatic nitrogens is 1. The number of hydrogen-bond acceptors (Lipinski definition) is 4. The molecule has 5 rings (SSSR count). The van der Waals surface area contributed by atoms with Crippen molar-refractivity contribution in [3.05, 3.63) is 64.1 Å². The number of rotatable bonds is 4. The number of fused-ring (bicyclic) bond motifs is 1. The zero-order valence-electron chi connectivity index (χ0n) is 17.6. The number of aryl methyl sites for hydroxylation is 1. The Hall–Kier alpha value is -2.24. The first-order valence-electron chi connectivity index (χ1n) is 11.1. The molecule has 0 aliphatic carbocycles. The largest absolute Gasteiger partial charge is 0.335 e. The van der Waals surface area contributed by atoms with Gasteiger partial charge in [0.2, 0.25) is 5.91 Å². The predicted octanol–water partition coefficient (Wildman–Crippen LogP) is 5.18. The Kier molecular flexibility index (Phi) is 5.57. The van der Waals surface area contributed by atoms with Crippen molar-refractivity contribution in [2.45, 2.75) is 45.2 Å². The molecular formula is C25H29N3OS. The minimum absolute atomic E-state index is 0.161. The number of likely N-dealkylation sites (tertiary alicyclic amines) is 2. The van der Waals surface area contributed by atoms with Crippen molar-refractivity contribution in [2.75, 3.05) is 19.6 Å². The second-order valence-corrected chi connectivity index (χ2v) is 9.73. The Balaban J connectivity index is 1.27. The molecule has 0 spiro atoms. The van der Waals surface area contributed by atoms with E-state index in [2.05, 4.69) is 69.6 Å². The maximum Gasteiger partial charge on any atom is 0.226 e. The smallest absolute Gasteiger partial charge is 0.226 e. The second kappa shape index (κ2) is 8.48. The predicted molar refractivity (Wildman–Crippen MR) is 122 cm³/mol. The zero-order chi connectivity index (χ0) is 20.5. The highest BCUT2D eigenvalue weighted by Gasteiger charge is 2.36. The van der Waals surface area contributed by atoms with E-state index in [0.717, 1.165) is 62.6 Å². The van der Waals surface area contributed by atoms with Gasteiger partial charge in [-0.15, -0.1) is 11.3 Å². The summed E-state index contributed by atoms with van der Waals surface area (Å²) in [5.41, 5.74) is 2.48. The lowest BCUT2D eigenvalue weighted by molar-refractivity contribution is -0.138. The Morgan fingerprint density at radius 1 is 1.07 bits per heavy atom. The summed E-state index contributed by atoms with van der Waals surface area (Å²) in [6.07, 6.45) is 4.09. The van der Waals surface area contributed by atoms with Gasteiger partial charge in [-0.1, -0.05) is 42.5 Å². The molecule has 2 saturated heterocycles. The molecule has 2 fully saturated rings. The summed E-state index contributed by atoms with van der Waals surface area (Å²) in [7, 11) is 0. The first-order valence-corrected chi connectivity index (χ1v) is 12.0. The number of carbonyl (C=O) groups is 1. The minimum atomic E-state index is 0.161. The fraction of sp³-hybridized carbons (Fsp3) is 0.440. The van der Waals surface area contributed by atoms with Gasteiger partial charge in [0, 0.05) is 24.4 Å². The van der Waals surface area contributed by atoms with Gasteiger partial charge in [0.1, 0.15) is 0 Å². The minimum Gasteiger partial charge on any atom is -0.335 e. The van der Waals surface area contributed by atoms with Crippen molar-refractivity contribution in [3.8, 4) is 0 Å². The molecule has 1 aromatic heterocycles. The average molecular weight is 420 g/mol. The second-order valence-electron chi connectivity index (χ2n) is 8.67. The first-order chi connectivity index (χ1) is 14.7. The Morgan fingerprint density at radius 2 is 1.87 bits per heavy atom. The van der Waals surface area contributed by atoms with Gasteiger partial charge in [0.05, 0.1) is 16.7 Å². The summed E-state index contributed by atoms with van der Waals surface area (Å²) in [6, 6.07) is 15.3. The lowest BCUT2D eigenvalue weighted by Crippen LogP contribution is -2.42. The van der Waals surface area contributed by atoms with Crippen LogP contribution in [0.25, 0.3) is 10.8 Å². The van der Waals surface area contributed by atoms with Crippen molar-refractivity contribution in [3.63, 3.8) is 0 Å². The molecule has 5 heteroatoms. The van der Waals surface area contributed by atoms with Gasteiger partial charge in [-0.3, -0.25) is 9.69 Å². The molecule has 0 saturated carbocycles. The summed E-state index contributed by atoms with van der Waals surface area (Å²) < 4.78 is 0. The van der Waals surface area contributed by atoms with E-state index >= 15 is 0 Å². The monoisotopic (exact) mass is 419 g/mol. The van der Waals surface area contributed by atoms with Crippen LogP contribution in [0.5, 0.6) is 0 Å². The third kappa shape index (κ3) is 3.88. The highest BCUT2D eigenvalue weighted by atomic mass is 32.1. The summed E-state index contributed by atoms with van der Waals surface area (Å²) >= 11 is 1.72. The summed E-state index contributed by atoms with van der Waals surface area (Å²) in [6.45, 7) is 5.83. The first kappa shape index (κ1) is 19.7. The number of piperidine rings is 1. The van der Waals surface area contributed by atoms with Crippen LogP contribution in [0.2, 0.25) is 0 Å². The van der Waals surface area contributed by atoms with Gasteiger partial charge >= 0.3 is 0 Å². The van der Waals surface area contributed by atoms with Crippen LogP contribution in [0.4, 0.5) is 0 Å². The maximum atomic E-state index is 13.5. The zero-order valence-corrected chi connectivity index (χ0v) is 18.4. The van der Waals surface area contributed by atoms with Crippen LogP contribution in [0.3, 0.4) is 0 Å². The molecule has 1 unspecified atom stereocenters. The van der Waals surface area contributed by atoms with E-state index < -0.39 is 0 Å². The highest BCUT2D eigenvalue weighted by molar-refractivity contribution is 7.09. The van der Waals surface area contributed by atoms with Gasteiger partial charge in [-0.05, 0) is 62.0 Å². The maximum absolute atomic E-state index is 13.5. The standard InChI is InChI=1S/C25H29N3OS/c1-18-26-21(17-30-18)16-27-14-11-20(12-15-27)25(29)28-13-5-10-24(28)23-9-4-7-19-6-2-3-8-22(19)23/h2-4,6-9,17,20,24H,5,10-16H2,1H3. The molecule has 2 aromatic carbocycles. The van der Waals surface area contributed by atoms with Crippen LogP contribution in [0, 0.1) is 12.8 Å². The van der Waals surface area contributed by atoms with Crippen molar-refractivity contribution >= 4 is 28.0 Å². The third-order valence-corrected chi connectivity index (χ3v) is 7.53. The van der Waals surface area contributed by atoms with Gasteiger partial charge in [-0.25, -0.2) is 4.98 Å². The number of amides is 1. The van der Waals surface area contributed by atoms with Crippen molar-refractivity contribution in [1.29, 1.82) is 0 Å². The Morgan fingerprint density at radius 3 is 2.67 bits per heavy atom. The third-order valence-electron chi connectivity index (χ3n) is 6.71. The van der Waals surface area contributed by atoms with Gasteiger partial charge in [0.25, 0.3) is 0 Å². The number of thiazole rings is 1. The Bertz CT molecular complexity index is 1030. The number of benzene rings is 2. The molecule has 1 amide bonds. The molecule has 2 aliphatic heterocycles. The quantitative estimate of drug-likeness (QED) is 0.585. The van der Waals surface area contributed by atoms with Crippen LogP contribution >= 0.6 is 11.3 Å². The molecule has 30 heavy (non-hydrogen) atoms. The van der Waals surface area contributed by atoms with Gasteiger partial charge < -0.3 is 4.90 Å². The van der Waals surface area contributed by atoms with Crippen LogP contribution in [0.1, 0.15) is 48.0 Å². The highest BCUT2D eigenvalue weighted by Crippen LogP contribution is 2.37. The fourth-order valence-electron chi connectivity index (χ4n) is 5.18. The lowest BCUT2D eigenvalue weighted by Gasteiger charge is -2.35. The van der Waals surface area contributed by atoms with E-state index in [1.54, 1.807) is 11.3 Å². The molecule has 0 bridgehead atoms. The van der Waals surface area contributed by atoms with E-state index in [9.17, 15) is 4.79 Å². The van der Waals surface area contributed by atoms with E-state index in [0.29, 0.717) is 5.91 Å². The van der Waals surface area contributed by atoms with E-state index in [1.165, 1.54) is 16.3 Å². The van der Waals surface area contributed by atoms with E-state index in [1.807, 2.05) is 0 Å². The van der Waals surface area contributed by atoms with Crippen LogP contribution in [-0.2, 0) is 11.3 Å². The van der Waals surface area contributed by atoms with Crippen LogP contribution in [-0.4, -0.2) is 40.3 Å².